The molecule has 0 aliphatic heterocycles. The molecule has 0 unspecified atom stereocenters. The van der Waals surface area contributed by atoms with Crippen LogP contribution in [0.3, 0.4) is 0 Å². The largest absolute Gasteiger partial charge is 0.439 e. The maximum absolute atomic E-state index is 10.6. The second kappa shape index (κ2) is 5.09. The molecule has 0 saturated carbocycles. The minimum absolute atomic E-state index is 0.0412. The summed E-state index contributed by atoms with van der Waals surface area (Å²) in [5, 5.41) is 10.6. The number of benzene rings is 1. The molecule has 0 bridgehead atoms. The Balaban J connectivity index is 2.21. The summed E-state index contributed by atoms with van der Waals surface area (Å²) in [7, 11) is 0. The first-order valence-electron chi connectivity index (χ1n) is 4.69. The molecule has 1 heterocycles. The van der Waals surface area contributed by atoms with E-state index in [1.54, 1.807) is 12.1 Å². The maximum atomic E-state index is 10.6. The van der Waals surface area contributed by atoms with Crippen molar-refractivity contribution in [2.24, 2.45) is 0 Å². The van der Waals surface area contributed by atoms with Gasteiger partial charge >= 0.3 is 0 Å². The van der Waals surface area contributed by atoms with E-state index in [9.17, 15) is 10.1 Å². The monoisotopic (exact) mass is 342 g/mol. The average molecular weight is 342 g/mol. The van der Waals surface area contributed by atoms with Crippen molar-refractivity contribution in [3.8, 4) is 11.6 Å². The van der Waals surface area contributed by atoms with Crippen LogP contribution in [0.15, 0.2) is 42.6 Å². The summed E-state index contributed by atoms with van der Waals surface area (Å²) >= 11 is 2.18. The first-order valence-corrected chi connectivity index (χ1v) is 5.77. The third kappa shape index (κ3) is 3.13. The van der Waals surface area contributed by atoms with Crippen molar-refractivity contribution < 1.29 is 9.66 Å². The van der Waals surface area contributed by atoms with Crippen LogP contribution in [-0.2, 0) is 0 Å². The molecular weight excluding hydrogens is 335 g/mol. The molecule has 2 rings (SSSR count). The first-order chi connectivity index (χ1) is 8.15. The minimum Gasteiger partial charge on any atom is -0.439 e. The molecule has 1 aromatic heterocycles. The molecule has 0 spiro atoms. The fourth-order valence-electron chi connectivity index (χ4n) is 1.19. The van der Waals surface area contributed by atoms with Crippen LogP contribution in [0.4, 0.5) is 5.69 Å². The van der Waals surface area contributed by atoms with Crippen molar-refractivity contribution in [3.05, 3.63) is 56.3 Å². The molecule has 0 saturated heterocycles. The Morgan fingerprint density at radius 1 is 1.24 bits per heavy atom. The van der Waals surface area contributed by atoms with E-state index in [0.29, 0.717) is 5.75 Å². The molecule has 0 N–H and O–H groups in total. The van der Waals surface area contributed by atoms with E-state index >= 15 is 0 Å². The van der Waals surface area contributed by atoms with E-state index in [1.807, 2.05) is 12.1 Å². The van der Waals surface area contributed by atoms with E-state index in [-0.39, 0.29) is 11.6 Å². The van der Waals surface area contributed by atoms with Gasteiger partial charge in [-0.05, 0) is 46.9 Å². The summed E-state index contributed by atoms with van der Waals surface area (Å²) < 4.78 is 6.49. The third-order valence-corrected chi connectivity index (χ3v) is 2.68. The highest BCUT2D eigenvalue weighted by molar-refractivity contribution is 14.1. The number of nitrogens with zero attached hydrogens (tertiary/aromatic N) is 2. The fourth-order valence-corrected chi connectivity index (χ4v) is 1.55. The molecule has 0 aliphatic rings. The normalized spacial score (nSPS) is 9.94. The molecule has 2 aromatic rings. The van der Waals surface area contributed by atoms with Crippen LogP contribution < -0.4 is 4.74 Å². The van der Waals surface area contributed by atoms with Gasteiger partial charge in [0.1, 0.15) is 5.75 Å². The average Bonchev–Trinajstić information content (AvgIpc) is 2.32. The Morgan fingerprint density at radius 3 is 2.59 bits per heavy atom. The topological polar surface area (TPSA) is 65.3 Å². The van der Waals surface area contributed by atoms with Crippen LogP contribution in [-0.4, -0.2) is 9.91 Å². The molecule has 5 nitrogen and oxygen atoms in total. The lowest BCUT2D eigenvalue weighted by molar-refractivity contribution is -0.385. The van der Waals surface area contributed by atoms with Gasteiger partial charge < -0.3 is 4.74 Å². The Hall–Kier alpha value is -1.70. The highest BCUT2D eigenvalue weighted by Crippen LogP contribution is 2.23. The third-order valence-electron chi connectivity index (χ3n) is 1.97. The van der Waals surface area contributed by atoms with E-state index in [4.69, 9.17) is 4.74 Å². The molecule has 0 amide bonds. The highest BCUT2D eigenvalue weighted by atomic mass is 127. The van der Waals surface area contributed by atoms with Crippen molar-refractivity contribution in [1.82, 2.24) is 4.98 Å². The van der Waals surface area contributed by atoms with Gasteiger partial charge in [0.2, 0.25) is 5.88 Å². The SMILES string of the molecule is O=[N+]([O-])c1ccnc(Oc2ccc(I)cc2)c1. The Labute approximate surface area is 111 Å². The van der Waals surface area contributed by atoms with Crippen molar-refractivity contribution in [2.45, 2.75) is 0 Å². The number of hydrogen-bond acceptors (Lipinski definition) is 4. The van der Waals surface area contributed by atoms with Gasteiger partial charge in [-0.3, -0.25) is 10.1 Å². The molecule has 1 aromatic carbocycles. The van der Waals surface area contributed by atoms with Gasteiger partial charge in [0.25, 0.3) is 5.69 Å². The van der Waals surface area contributed by atoms with Gasteiger partial charge in [-0.1, -0.05) is 0 Å². The zero-order valence-corrected chi connectivity index (χ0v) is 10.7. The Kier molecular flexibility index (Phi) is 3.52. The fraction of sp³-hybridized carbons (Fsp3) is 0. The first kappa shape index (κ1) is 11.8. The van der Waals surface area contributed by atoms with E-state index < -0.39 is 4.92 Å². The lowest BCUT2D eigenvalue weighted by Gasteiger charge is -2.03. The summed E-state index contributed by atoms with van der Waals surface area (Å²) in [6.45, 7) is 0. The lowest BCUT2D eigenvalue weighted by Crippen LogP contribution is -1.91. The van der Waals surface area contributed by atoms with Crippen LogP contribution in [0.1, 0.15) is 0 Å². The number of nitro groups is 1. The number of aromatic nitrogens is 1. The summed E-state index contributed by atoms with van der Waals surface area (Å²) in [6.07, 6.45) is 1.35. The van der Waals surface area contributed by atoms with E-state index in [2.05, 4.69) is 27.6 Å². The van der Waals surface area contributed by atoms with Gasteiger partial charge in [0.05, 0.1) is 11.0 Å². The quantitative estimate of drug-likeness (QED) is 0.487. The standard InChI is InChI=1S/C11H7IN2O3/c12-8-1-3-10(4-2-8)17-11-7-9(14(15)16)5-6-13-11/h1-7H. The van der Waals surface area contributed by atoms with Gasteiger partial charge in [0, 0.05) is 15.8 Å². The van der Waals surface area contributed by atoms with Crippen molar-refractivity contribution in [1.29, 1.82) is 0 Å². The van der Waals surface area contributed by atoms with Crippen LogP contribution in [0.25, 0.3) is 0 Å². The smallest absolute Gasteiger partial charge is 0.276 e. The summed E-state index contributed by atoms with van der Waals surface area (Å²) in [5.41, 5.74) is -0.0412. The predicted molar refractivity (Wildman–Crippen MR) is 70.1 cm³/mol. The predicted octanol–water partition coefficient (Wildman–Crippen LogP) is 3.39. The molecular formula is C11H7IN2O3. The summed E-state index contributed by atoms with van der Waals surface area (Å²) in [6, 6.07) is 9.93. The zero-order chi connectivity index (χ0) is 12.3. The summed E-state index contributed by atoms with van der Waals surface area (Å²) in [5.74, 6) is 0.804. The van der Waals surface area contributed by atoms with Crippen LogP contribution in [0, 0.1) is 13.7 Å². The summed E-state index contributed by atoms with van der Waals surface area (Å²) in [4.78, 5) is 14.0. The highest BCUT2D eigenvalue weighted by Gasteiger charge is 2.07. The Morgan fingerprint density at radius 2 is 1.94 bits per heavy atom. The van der Waals surface area contributed by atoms with Crippen LogP contribution in [0.5, 0.6) is 11.6 Å². The second-order valence-electron chi connectivity index (χ2n) is 3.17. The van der Waals surface area contributed by atoms with Crippen LogP contribution in [0.2, 0.25) is 0 Å². The van der Waals surface area contributed by atoms with Crippen molar-refractivity contribution in [3.63, 3.8) is 0 Å². The lowest BCUT2D eigenvalue weighted by atomic mass is 10.3. The van der Waals surface area contributed by atoms with Gasteiger partial charge in [-0.2, -0.15) is 0 Å². The maximum Gasteiger partial charge on any atom is 0.276 e. The zero-order valence-electron chi connectivity index (χ0n) is 8.54. The Bertz CT molecular complexity index is 543. The van der Waals surface area contributed by atoms with Gasteiger partial charge in [0.15, 0.2) is 0 Å². The van der Waals surface area contributed by atoms with Crippen molar-refractivity contribution >= 4 is 28.3 Å². The molecule has 17 heavy (non-hydrogen) atoms. The second-order valence-corrected chi connectivity index (χ2v) is 4.41. The molecule has 0 radical (unpaired) electrons. The van der Waals surface area contributed by atoms with Gasteiger partial charge in [-0.15, -0.1) is 0 Å². The van der Waals surface area contributed by atoms with E-state index in [1.165, 1.54) is 18.3 Å². The molecule has 0 fully saturated rings. The van der Waals surface area contributed by atoms with Crippen molar-refractivity contribution in [2.75, 3.05) is 0 Å². The molecule has 0 atom stereocenters. The van der Waals surface area contributed by atoms with E-state index in [0.717, 1.165) is 3.57 Å². The number of halogens is 1. The number of rotatable bonds is 3. The number of pyridine rings is 1. The number of ether oxygens (including phenoxy) is 1. The van der Waals surface area contributed by atoms with Gasteiger partial charge in [-0.25, -0.2) is 4.98 Å². The van der Waals surface area contributed by atoms with Crippen LogP contribution >= 0.6 is 22.6 Å². The molecule has 0 aliphatic carbocycles. The molecule has 86 valence electrons. The molecule has 6 heteroatoms. The number of hydrogen-bond donors (Lipinski definition) is 0. The minimum atomic E-state index is -0.484.